The van der Waals surface area contributed by atoms with Crippen molar-refractivity contribution in [3.05, 3.63) is 94.0 Å². The predicted molar refractivity (Wildman–Crippen MR) is 152 cm³/mol. The second-order valence-corrected chi connectivity index (χ2v) is 11.7. The number of aryl methyl sites for hydroxylation is 2. The molecule has 6 aromatic rings. The van der Waals surface area contributed by atoms with Crippen molar-refractivity contribution in [1.29, 1.82) is 0 Å². The van der Waals surface area contributed by atoms with E-state index in [1.807, 2.05) is 0 Å². The molecule has 44 heavy (non-hydrogen) atoms. The summed E-state index contributed by atoms with van der Waals surface area (Å²) < 4.78 is 89.7. The molecule has 0 saturated carbocycles. The summed E-state index contributed by atoms with van der Waals surface area (Å²) in [6, 6.07) is 9.39. The van der Waals surface area contributed by atoms with Crippen LogP contribution in [-0.4, -0.2) is 36.5 Å². The quantitative estimate of drug-likeness (QED) is 0.232. The second kappa shape index (κ2) is 10.3. The Hall–Kier alpha value is -4.96. The largest absolute Gasteiger partial charge is 0.452 e. The van der Waals surface area contributed by atoms with E-state index in [4.69, 9.17) is 16.3 Å². The summed E-state index contributed by atoms with van der Waals surface area (Å²) in [6.45, 7) is 0. The van der Waals surface area contributed by atoms with Crippen molar-refractivity contribution in [2.24, 2.45) is 14.1 Å². The standard InChI is InChI=1S/C27H18ClF4N7O4S/c1-37-12-14(27(30,31)32)8-19(25(37)40)35-26-36-23-22(38(26)2)21(28)20(11-33-23)43-15-9-17-18(29)13-39(24(17)34-10-15)44(41,42)16-6-4-3-5-7-16/h3-13H,1-2H3,(H,33,35,36). The van der Waals surface area contributed by atoms with E-state index in [9.17, 15) is 30.8 Å². The van der Waals surface area contributed by atoms with E-state index in [0.29, 0.717) is 12.3 Å². The molecule has 0 radical (unpaired) electrons. The van der Waals surface area contributed by atoms with Gasteiger partial charge < -0.3 is 19.2 Å². The molecule has 0 bridgehead atoms. The van der Waals surface area contributed by atoms with E-state index in [0.717, 1.165) is 14.7 Å². The van der Waals surface area contributed by atoms with Gasteiger partial charge in [-0.05, 0) is 24.3 Å². The molecule has 0 amide bonds. The number of nitrogens with zero attached hydrogens (tertiary/aromatic N) is 6. The summed E-state index contributed by atoms with van der Waals surface area (Å²) in [5.74, 6) is -0.904. The number of hydrogen-bond acceptors (Lipinski definition) is 8. The highest BCUT2D eigenvalue weighted by Gasteiger charge is 2.32. The van der Waals surface area contributed by atoms with Crippen molar-refractivity contribution in [3.8, 4) is 11.5 Å². The third-order valence-electron chi connectivity index (χ3n) is 6.63. The number of imidazole rings is 1. The first kappa shape index (κ1) is 29.1. The second-order valence-electron chi connectivity index (χ2n) is 9.52. The van der Waals surface area contributed by atoms with Crippen LogP contribution in [0.4, 0.5) is 29.2 Å². The smallest absolute Gasteiger partial charge is 0.417 e. The van der Waals surface area contributed by atoms with Crippen LogP contribution in [0.15, 0.2) is 76.9 Å². The van der Waals surface area contributed by atoms with Gasteiger partial charge in [-0.15, -0.1) is 0 Å². The molecule has 0 unspecified atom stereocenters. The molecule has 0 aliphatic rings. The van der Waals surface area contributed by atoms with Gasteiger partial charge in [-0.3, -0.25) is 4.79 Å². The minimum absolute atomic E-state index is 0.00212. The molecule has 0 atom stereocenters. The zero-order chi connectivity index (χ0) is 31.6. The molecule has 0 aliphatic carbocycles. The van der Waals surface area contributed by atoms with E-state index < -0.39 is 33.1 Å². The molecule has 1 N–H and O–H groups in total. The maximum absolute atomic E-state index is 14.9. The number of nitrogens with one attached hydrogen (secondary N) is 1. The minimum atomic E-state index is -4.69. The molecular formula is C27H18ClF4N7O4S. The van der Waals surface area contributed by atoms with Gasteiger partial charge in [0, 0.05) is 20.3 Å². The van der Waals surface area contributed by atoms with Crippen LogP contribution in [0.5, 0.6) is 11.5 Å². The fraction of sp³-hybridized carbons (Fsp3) is 0.111. The number of anilines is 2. The van der Waals surface area contributed by atoms with Gasteiger partial charge in [0.25, 0.3) is 15.6 Å². The molecule has 6 rings (SSSR count). The number of fused-ring (bicyclic) bond motifs is 2. The molecule has 17 heteroatoms. The highest BCUT2D eigenvalue weighted by atomic mass is 35.5. The molecule has 0 aliphatic heterocycles. The monoisotopic (exact) mass is 647 g/mol. The van der Waals surface area contributed by atoms with Crippen LogP contribution < -0.4 is 15.6 Å². The maximum atomic E-state index is 14.9. The summed E-state index contributed by atoms with van der Waals surface area (Å²) in [7, 11) is -1.46. The highest BCUT2D eigenvalue weighted by molar-refractivity contribution is 7.90. The van der Waals surface area contributed by atoms with Gasteiger partial charge in [0.15, 0.2) is 22.9 Å². The summed E-state index contributed by atoms with van der Waals surface area (Å²) >= 11 is 6.59. The third-order valence-corrected chi connectivity index (χ3v) is 8.66. The Kier molecular flexibility index (Phi) is 6.85. The van der Waals surface area contributed by atoms with E-state index >= 15 is 0 Å². The topological polar surface area (TPSA) is 126 Å². The van der Waals surface area contributed by atoms with Crippen LogP contribution in [0.3, 0.4) is 0 Å². The fourth-order valence-corrected chi connectivity index (χ4v) is 6.10. The number of pyridine rings is 3. The van der Waals surface area contributed by atoms with Gasteiger partial charge in [0.2, 0.25) is 5.95 Å². The van der Waals surface area contributed by atoms with Crippen molar-refractivity contribution in [2.45, 2.75) is 11.1 Å². The van der Waals surface area contributed by atoms with Gasteiger partial charge in [-0.2, -0.15) is 18.2 Å². The van der Waals surface area contributed by atoms with Crippen LogP contribution >= 0.6 is 11.6 Å². The first-order valence-electron chi connectivity index (χ1n) is 12.5. The molecule has 1 aromatic carbocycles. The minimum Gasteiger partial charge on any atom is -0.452 e. The highest BCUT2D eigenvalue weighted by Crippen LogP contribution is 2.37. The van der Waals surface area contributed by atoms with E-state index in [1.165, 1.54) is 61.4 Å². The zero-order valence-corrected chi connectivity index (χ0v) is 24.0. The predicted octanol–water partition coefficient (Wildman–Crippen LogP) is 5.60. The molecule has 5 aromatic heterocycles. The first-order chi connectivity index (χ1) is 20.8. The first-order valence-corrected chi connectivity index (χ1v) is 14.3. The third kappa shape index (κ3) is 4.90. The lowest BCUT2D eigenvalue weighted by atomic mass is 10.2. The lowest BCUT2D eigenvalue weighted by molar-refractivity contribution is -0.138. The molecule has 226 valence electrons. The molecule has 0 saturated heterocycles. The number of halogens is 5. The average molecular weight is 648 g/mol. The van der Waals surface area contributed by atoms with Crippen LogP contribution in [0.25, 0.3) is 22.2 Å². The summed E-state index contributed by atoms with van der Waals surface area (Å²) in [5.41, 5.74) is -2.02. The van der Waals surface area contributed by atoms with Crippen molar-refractivity contribution in [2.75, 3.05) is 5.32 Å². The number of alkyl halides is 3. The number of hydrogen-bond donors (Lipinski definition) is 1. The van der Waals surface area contributed by atoms with E-state index in [2.05, 4.69) is 20.3 Å². The average Bonchev–Trinajstić information content (AvgIpc) is 3.49. The Bertz CT molecular complexity index is 2270. The molecule has 11 nitrogen and oxygen atoms in total. The van der Waals surface area contributed by atoms with Gasteiger partial charge >= 0.3 is 6.18 Å². The molecule has 0 fully saturated rings. The molecular weight excluding hydrogens is 630 g/mol. The maximum Gasteiger partial charge on any atom is 0.417 e. The fourth-order valence-electron chi connectivity index (χ4n) is 4.47. The van der Waals surface area contributed by atoms with Crippen LogP contribution in [0.2, 0.25) is 5.02 Å². The summed E-state index contributed by atoms with van der Waals surface area (Å²) in [4.78, 5) is 25.0. The lowest BCUT2D eigenvalue weighted by Crippen LogP contribution is -2.23. The van der Waals surface area contributed by atoms with Crippen molar-refractivity contribution in [1.82, 2.24) is 28.1 Å². The lowest BCUT2D eigenvalue weighted by Gasteiger charge is -2.12. The Morgan fingerprint density at radius 3 is 2.45 bits per heavy atom. The van der Waals surface area contributed by atoms with Gasteiger partial charge in [0.1, 0.15) is 22.0 Å². The van der Waals surface area contributed by atoms with Gasteiger partial charge in [0.05, 0.1) is 34.4 Å². The normalized spacial score (nSPS) is 12.2. The molecule has 5 heterocycles. The van der Waals surface area contributed by atoms with Crippen molar-refractivity contribution < 1.29 is 30.7 Å². The van der Waals surface area contributed by atoms with Crippen LogP contribution in [0.1, 0.15) is 5.56 Å². The molecule has 0 spiro atoms. The van der Waals surface area contributed by atoms with Crippen LogP contribution in [-0.2, 0) is 30.3 Å². The number of ether oxygens (including phenoxy) is 1. The van der Waals surface area contributed by atoms with Gasteiger partial charge in [-0.1, -0.05) is 29.8 Å². The SMILES string of the molecule is Cn1cc(C(F)(F)F)cc(Nc2nc3ncc(Oc4cnc5c(c4)c(F)cn5S(=O)(=O)c4ccccc4)c(Cl)c3n2C)c1=O. The Labute approximate surface area is 250 Å². The Morgan fingerprint density at radius 1 is 1.02 bits per heavy atom. The van der Waals surface area contributed by atoms with Crippen molar-refractivity contribution in [3.63, 3.8) is 0 Å². The van der Waals surface area contributed by atoms with Crippen LogP contribution in [0, 0.1) is 5.82 Å². The van der Waals surface area contributed by atoms with Crippen molar-refractivity contribution >= 4 is 55.5 Å². The van der Waals surface area contributed by atoms with E-state index in [-0.39, 0.29) is 55.3 Å². The summed E-state index contributed by atoms with van der Waals surface area (Å²) in [5, 5.41) is 2.46. The zero-order valence-electron chi connectivity index (χ0n) is 22.5. The number of rotatable bonds is 6. The number of aromatic nitrogens is 6. The summed E-state index contributed by atoms with van der Waals surface area (Å²) in [6.07, 6.45) is -0.799. The Morgan fingerprint density at radius 2 is 1.75 bits per heavy atom. The Balaban J connectivity index is 1.34. The van der Waals surface area contributed by atoms with Gasteiger partial charge in [-0.25, -0.2) is 26.7 Å². The van der Waals surface area contributed by atoms with E-state index in [1.54, 1.807) is 6.07 Å². The number of benzene rings is 1.